The molecular formula is C18H22N4O4. The van der Waals surface area contributed by atoms with E-state index >= 15 is 0 Å². The minimum absolute atomic E-state index is 0.125. The fourth-order valence-electron chi connectivity index (χ4n) is 2.89. The van der Waals surface area contributed by atoms with Crippen molar-refractivity contribution in [1.29, 1.82) is 0 Å². The molecule has 0 saturated carbocycles. The largest absolute Gasteiger partial charge is 0.484 e. The van der Waals surface area contributed by atoms with Gasteiger partial charge in [-0.05, 0) is 30.7 Å². The van der Waals surface area contributed by atoms with Gasteiger partial charge in [-0.1, -0.05) is 13.0 Å². The van der Waals surface area contributed by atoms with Crippen LogP contribution in [0.25, 0.3) is 0 Å². The highest BCUT2D eigenvalue weighted by molar-refractivity contribution is 5.94. The Kier molecular flexibility index (Phi) is 5.22. The molecule has 1 aliphatic heterocycles. The van der Waals surface area contributed by atoms with Gasteiger partial charge >= 0.3 is 0 Å². The van der Waals surface area contributed by atoms with Gasteiger partial charge in [0.25, 0.3) is 11.8 Å². The van der Waals surface area contributed by atoms with Gasteiger partial charge in [0.05, 0.1) is 30.6 Å². The Morgan fingerprint density at radius 3 is 2.88 bits per heavy atom. The number of aliphatic hydroxyl groups is 1. The lowest BCUT2D eigenvalue weighted by Gasteiger charge is -2.27. The highest BCUT2D eigenvalue weighted by Gasteiger charge is 2.24. The molecule has 0 aliphatic carbocycles. The van der Waals surface area contributed by atoms with Gasteiger partial charge in [0.2, 0.25) is 0 Å². The molecule has 0 spiro atoms. The van der Waals surface area contributed by atoms with Crippen LogP contribution in [0.3, 0.4) is 0 Å². The SMILES string of the molecule is CCC(O)c1cc2n(n1)CCN(C(=O)c1cccc(OCC(N)=O)c1)C2. The molecule has 1 aromatic heterocycles. The van der Waals surface area contributed by atoms with E-state index in [2.05, 4.69) is 5.10 Å². The fraction of sp³-hybridized carbons (Fsp3) is 0.389. The third-order valence-corrected chi connectivity index (χ3v) is 4.29. The third-order valence-electron chi connectivity index (χ3n) is 4.29. The zero-order valence-corrected chi connectivity index (χ0v) is 14.6. The Hall–Kier alpha value is -2.87. The standard InChI is InChI=1S/C18H22N4O4/c1-2-16(23)15-9-13-10-21(6-7-22(13)20-15)18(25)12-4-3-5-14(8-12)26-11-17(19)24/h3-5,8-9,16,23H,2,6-7,10-11H2,1H3,(H2,19,24). The summed E-state index contributed by atoms with van der Waals surface area (Å²) in [5.41, 5.74) is 7.08. The van der Waals surface area contributed by atoms with Crippen molar-refractivity contribution in [2.75, 3.05) is 13.2 Å². The van der Waals surface area contributed by atoms with Crippen LogP contribution in [0.5, 0.6) is 5.75 Å². The molecule has 8 heteroatoms. The number of ether oxygens (including phenoxy) is 1. The van der Waals surface area contributed by atoms with Crippen LogP contribution in [0.15, 0.2) is 30.3 Å². The second kappa shape index (κ2) is 7.57. The molecule has 1 aromatic carbocycles. The maximum Gasteiger partial charge on any atom is 0.255 e. The Bertz CT molecular complexity index is 817. The minimum atomic E-state index is -0.587. The highest BCUT2D eigenvalue weighted by atomic mass is 16.5. The molecule has 2 heterocycles. The lowest BCUT2D eigenvalue weighted by molar-refractivity contribution is -0.119. The van der Waals surface area contributed by atoms with Gasteiger partial charge in [0.15, 0.2) is 6.61 Å². The van der Waals surface area contributed by atoms with Crippen LogP contribution in [0.4, 0.5) is 0 Å². The average Bonchev–Trinajstić information content (AvgIpc) is 3.08. The van der Waals surface area contributed by atoms with Crippen molar-refractivity contribution in [3.63, 3.8) is 0 Å². The van der Waals surface area contributed by atoms with E-state index in [4.69, 9.17) is 10.5 Å². The first-order valence-corrected chi connectivity index (χ1v) is 8.53. The van der Waals surface area contributed by atoms with Crippen LogP contribution in [0, 0.1) is 0 Å². The van der Waals surface area contributed by atoms with Gasteiger partial charge in [0.1, 0.15) is 5.75 Å². The Morgan fingerprint density at radius 2 is 2.15 bits per heavy atom. The van der Waals surface area contributed by atoms with Crippen molar-refractivity contribution in [3.05, 3.63) is 47.3 Å². The first kappa shape index (κ1) is 17.9. The van der Waals surface area contributed by atoms with Crippen LogP contribution < -0.4 is 10.5 Å². The van der Waals surface area contributed by atoms with E-state index in [0.29, 0.717) is 43.1 Å². The zero-order valence-electron chi connectivity index (χ0n) is 14.6. The van der Waals surface area contributed by atoms with Gasteiger partial charge in [-0.15, -0.1) is 0 Å². The molecule has 0 fully saturated rings. The van der Waals surface area contributed by atoms with E-state index in [0.717, 1.165) is 5.69 Å². The van der Waals surface area contributed by atoms with Gasteiger partial charge in [-0.25, -0.2) is 0 Å². The molecular weight excluding hydrogens is 336 g/mol. The number of aromatic nitrogens is 2. The molecule has 138 valence electrons. The number of rotatable bonds is 6. The zero-order chi connectivity index (χ0) is 18.7. The van der Waals surface area contributed by atoms with Gasteiger partial charge < -0.3 is 20.5 Å². The molecule has 0 bridgehead atoms. The molecule has 3 rings (SSSR count). The maximum absolute atomic E-state index is 12.8. The van der Waals surface area contributed by atoms with Gasteiger partial charge in [0, 0.05) is 12.1 Å². The molecule has 1 unspecified atom stereocenters. The summed E-state index contributed by atoms with van der Waals surface area (Å²) < 4.78 is 7.09. The van der Waals surface area contributed by atoms with Gasteiger partial charge in [-0.2, -0.15) is 5.10 Å². The van der Waals surface area contributed by atoms with Crippen molar-refractivity contribution >= 4 is 11.8 Å². The van der Waals surface area contributed by atoms with Crippen molar-refractivity contribution in [2.24, 2.45) is 5.73 Å². The molecule has 2 amide bonds. The number of carbonyl (C=O) groups is 2. The monoisotopic (exact) mass is 358 g/mol. The third kappa shape index (κ3) is 3.85. The summed E-state index contributed by atoms with van der Waals surface area (Å²) in [6, 6.07) is 8.53. The van der Waals surface area contributed by atoms with E-state index in [1.807, 2.05) is 17.7 Å². The number of fused-ring (bicyclic) bond motifs is 1. The van der Waals surface area contributed by atoms with E-state index in [-0.39, 0.29) is 12.5 Å². The Balaban J connectivity index is 1.72. The van der Waals surface area contributed by atoms with E-state index in [9.17, 15) is 14.7 Å². The van der Waals surface area contributed by atoms with Crippen LogP contribution in [0.1, 0.15) is 41.2 Å². The number of nitrogens with two attached hydrogens (primary N) is 1. The molecule has 26 heavy (non-hydrogen) atoms. The van der Waals surface area contributed by atoms with Crippen molar-refractivity contribution in [1.82, 2.24) is 14.7 Å². The summed E-state index contributed by atoms with van der Waals surface area (Å²) in [5, 5.41) is 14.4. The van der Waals surface area contributed by atoms with Crippen molar-refractivity contribution in [2.45, 2.75) is 32.5 Å². The lowest BCUT2D eigenvalue weighted by Crippen LogP contribution is -2.38. The Morgan fingerprint density at radius 1 is 1.35 bits per heavy atom. The normalized spacial score (nSPS) is 14.6. The molecule has 1 atom stereocenters. The highest BCUT2D eigenvalue weighted by Crippen LogP contribution is 2.22. The molecule has 8 nitrogen and oxygen atoms in total. The number of aliphatic hydroxyl groups excluding tert-OH is 1. The smallest absolute Gasteiger partial charge is 0.255 e. The van der Waals surface area contributed by atoms with E-state index in [1.54, 1.807) is 29.2 Å². The summed E-state index contributed by atoms with van der Waals surface area (Å²) >= 11 is 0. The topological polar surface area (TPSA) is 111 Å². The quantitative estimate of drug-likeness (QED) is 0.795. The molecule has 0 saturated heterocycles. The van der Waals surface area contributed by atoms with Crippen LogP contribution in [-0.4, -0.2) is 44.8 Å². The molecule has 0 radical (unpaired) electrons. The maximum atomic E-state index is 12.8. The number of primary amides is 1. The number of hydrogen-bond donors (Lipinski definition) is 2. The summed E-state index contributed by atoms with van der Waals surface area (Å²) in [5.74, 6) is -0.277. The van der Waals surface area contributed by atoms with Crippen LogP contribution in [-0.2, 0) is 17.9 Å². The minimum Gasteiger partial charge on any atom is -0.484 e. The van der Waals surface area contributed by atoms with E-state index < -0.39 is 12.0 Å². The van der Waals surface area contributed by atoms with Gasteiger partial charge in [-0.3, -0.25) is 14.3 Å². The number of carbonyl (C=O) groups excluding carboxylic acids is 2. The summed E-state index contributed by atoms with van der Waals surface area (Å²) in [6.45, 7) is 3.20. The number of amides is 2. The lowest BCUT2D eigenvalue weighted by atomic mass is 10.1. The second-order valence-electron chi connectivity index (χ2n) is 6.22. The van der Waals surface area contributed by atoms with Crippen LogP contribution >= 0.6 is 0 Å². The molecule has 2 aromatic rings. The first-order valence-electron chi connectivity index (χ1n) is 8.53. The number of benzene rings is 1. The summed E-state index contributed by atoms with van der Waals surface area (Å²) in [4.78, 5) is 25.3. The number of hydrogen-bond acceptors (Lipinski definition) is 5. The van der Waals surface area contributed by atoms with Crippen LogP contribution in [0.2, 0.25) is 0 Å². The first-order chi connectivity index (χ1) is 12.5. The summed E-state index contributed by atoms with van der Waals surface area (Å²) in [7, 11) is 0. The van der Waals surface area contributed by atoms with Crippen molar-refractivity contribution in [3.8, 4) is 5.75 Å². The Labute approximate surface area is 151 Å². The predicted octanol–water partition coefficient (Wildman–Crippen LogP) is 0.847. The molecule has 1 aliphatic rings. The molecule has 3 N–H and O–H groups in total. The van der Waals surface area contributed by atoms with E-state index in [1.165, 1.54) is 0 Å². The number of nitrogens with zero attached hydrogens (tertiary/aromatic N) is 3. The van der Waals surface area contributed by atoms with Crippen molar-refractivity contribution < 1.29 is 19.4 Å². The average molecular weight is 358 g/mol. The second-order valence-corrected chi connectivity index (χ2v) is 6.22. The summed E-state index contributed by atoms with van der Waals surface area (Å²) in [6.07, 6.45) is 0.00771. The predicted molar refractivity (Wildman–Crippen MR) is 93.3 cm³/mol. The fourth-order valence-corrected chi connectivity index (χ4v) is 2.89.